The van der Waals surface area contributed by atoms with Gasteiger partial charge in [0.1, 0.15) is 0 Å². The molecule has 88 valence electrons. The average molecular weight is 241 g/mol. The number of nitrogens with two attached hydrogens (primary N) is 1. The van der Waals surface area contributed by atoms with Crippen molar-refractivity contribution in [3.63, 3.8) is 0 Å². The van der Waals surface area contributed by atoms with Crippen LogP contribution in [0, 0.1) is 0 Å². The summed E-state index contributed by atoms with van der Waals surface area (Å²) in [5, 5.41) is 3.56. The zero-order valence-electron chi connectivity index (χ0n) is 9.75. The predicted molar refractivity (Wildman–Crippen MR) is 66.3 cm³/mol. The molecule has 1 amide bonds. The van der Waals surface area contributed by atoms with Gasteiger partial charge in [0.15, 0.2) is 0 Å². The largest absolute Gasteiger partial charge is 0.346 e. The van der Waals surface area contributed by atoms with Crippen LogP contribution in [0.3, 0.4) is 0 Å². The Morgan fingerprint density at radius 1 is 1.38 bits per heavy atom. The highest BCUT2D eigenvalue weighted by Gasteiger charge is 2.23. The number of rotatable bonds is 3. The Labute approximate surface area is 101 Å². The van der Waals surface area contributed by atoms with Crippen molar-refractivity contribution in [2.75, 3.05) is 0 Å². The molecule has 0 saturated heterocycles. The molecular formula is C12H17ClN2O. The first kappa shape index (κ1) is 13.0. The van der Waals surface area contributed by atoms with E-state index in [2.05, 4.69) is 5.32 Å². The quantitative estimate of drug-likeness (QED) is 0.850. The van der Waals surface area contributed by atoms with Gasteiger partial charge in [-0.1, -0.05) is 23.7 Å². The van der Waals surface area contributed by atoms with E-state index in [-0.39, 0.29) is 5.91 Å². The Morgan fingerprint density at radius 3 is 2.31 bits per heavy atom. The second-order valence-electron chi connectivity index (χ2n) is 4.41. The van der Waals surface area contributed by atoms with E-state index in [0.717, 1.165) is 5.56 Å². The van der Waals surface area contributed by atoms with Gasteiger partial charge in [-0.25, -0.2) is 0 Å². The molecule has 0 fully saturated rings. The molecule has 0 bridgehead atoms. The molecule has 0 saturated carbocycles. The van der Waals surface area contributed by atoms with Gasteiger partial charge in [-0.3, -0.25) is 4.79 Å². The summed E-state index contributed by atoms with van der Waals surface area (Å²) in [4.78, 5) is 11.5. The third-order valence-corrected chi connectivity index (χ3v) is 2.67. The number of halogens is 1. The highest BCUT2D eigenvalue weighted by Crippen LogP contribution is 2.21. The van der Waals surface area contributed by atoms with Gasteiger partial charge in [0.2, 0.25) is 5.91 Å². The second-order valence-corrected chi connectivity index (χ2v) is 4.85. The summed E-state index contributed by atoms with van der Waals surface area (Å²) in [6, 6.07) is 6.88. The molecule has 1 rings (SSSR count). The van der Waals surface area contributed by atoms with Crippen molar-refractivity contribution in [2.24, 2.45) is 5.73 Å². The molecule has 0 aliphatic rings. The van der Waals surface area contributed by atoms with Crippen molar-refractivity contribution in [1.82, 2.24) is 5.32 Å². The number of carbonyl (C=O) groups excluding carboxylic acids is 1. The first-order valence-electron chi connectivity index (χ1n) is 5.16. The van der Waals surface area contributed by atoms with Gasteiger partial charge in [-0.2, -0.15) is 0 Å². The van der Waals surface area contributed by atoms with Gasteiger partial charge in [-0.15, -0.1) is 0 Å². The van der Waals surface area contributed by atoms with E-state index in [4.69, 9.17) is 17.3 Å². The maximum atomic E-state index is 11.5. The molecule has 1 aromatic carbocycles. The van der Waals surface area contributed by atoms with Crippen molar-refractivity contribution >= 4 is 17.5 Å². The number of benzene rings is 1. The smallest absolute Gasteiger partial charge is 0.237 e. The molecule has 0 aliphatic carbocycles. The van der Waals surface area contributed by atoms with Gasteiger partial charge in [0.05, 0.1) is 11.6 Å². The lowest BCUT2D eigenvalue weighted by Crippen LogP contribution is -2.47. The van der Waals surface area contributed by atoms with E-state index >= 15 is 0 Å². The Morgan fingerprint density at radius 2 is 1.88 bits per heavy atom. The van der Waals surface area contributed by atoms with E-state index in [1.165, 1.54) is 0 Å². The minimum atomic E-state index is -0.508. The second kappa shape index (κ2) is 4.85. The Balaban J connectivity index is 2.85. The fraction of sp³-hybridized carbons (Fsp3) is 0.417. The average Bonchev–Trinajstić information content (AvgIpc) is 2.17. The Bertz CT molecular complexity index is 371. The van der Waals surface area contributed by atoms with Crippen LogP contribution in [0.1, 0.15) is 26.3 Å². The van der Waals surface area contributed by atoms with Crippen LogP contribution in [0.25, 0.3) is 0 Å². The van der Waals surface area contributed by atoms with Crippen LogP contribution in [0.15, 0.2) is 24.3 Å². The van der Waals surface area contributed by atoms with Crippen molar-refractivity contribution in [3.8, 4) is 0 Å². The standard InChI is InChI=1S/C12H17ClN2O/c1-8(14)11(16)15-12(2,3)9-4-6-10(13)7-5-9/h4-8H,14H2,1-3H3,(H,15,16). The molecule has 1 atom stereocenters. The SMILES string of the molecule is CC(N)C(=O)NC(C)(C)c1ccc(Cl)cc1. The van der Waals surface area contributed by atoms with Crippen molar-refractivity contribution in [1.29, 1.82) is 0 Å². The number of hydrogen-bond acceptors (Lipinski definition) is 2. The van der Waals surface area contributed by atoms with Gasteiger partial charge in [0.25, 0.3) is 0 Å². The molecular weight excluding hydrogens is 224 g/mol. The summed E-state index contributed by atoms with van der Waals surface area (Å²) in [6.45, 7) is 5.51. The van der Waals surface area contributed by atoms with Gasteiger partial charge in [-0.05, 0) is 38.5 Å². The number of carbonyl (C=O) groups is 1. The van der Waals surface area contributed by atoms with Crippen LogP contribution >= 0.6 is 11.6 Å². The molecule has 16 heavy (non-hydrogen) atoms. The van der Waals surface area contributed by atoms with Crippen LogP contribution in [-0.4, -0.2) is 11.9 Å². The predicted octanol–water partition coefficient (Wildman–Crippen LogP) is 2.04. The molecule has 0 aliphatic heterocycles. The fourth-order valence-electron chi connectivity index (χ4n) is 1.36. The van der Waals surface area contributed by atoms with E-state index in [1.807, 2.05) is 26.0 Å². The highest BCUT2D eigenvalue weighted by atomic mass is 35.5. The first-order chi connectivity index (χ1) is 7.33. The minimum Gasteiger partial charge on any atom is -0.346 e. The number of amides is 1. The maximum Gasteiger partial charge on any atom is 0.237 e. The monoisotopic (exact) mass is 240 g/mol. The number of hydrogen-bond donors (Lipinski definition) is 2. The van der Waals surface area contributed by atoms with Crippen LogP contribution in [-0.2, 0) is 10.3 Å². The van der Waals surface area contributed by atoms with E-state index in [0.29, 0.717) is 5.02 Å². The topological polar surface area (TPSA) is 55.1 Å². The van der Waals surface area contributed by atoms with Crippen LogP contribution < -0.4 is 11.1 Å². The summed E-state index contributed by atoms with van der Waals surface area (Å²) < 4.78 is 0. The first-order valence-corrected chi connectivity index (χ1v) is 5.54. The van der Waals surface area contributed by atoms with E-state index in [9.17, 15) is 4.79 Å². The van der Waals surface area contributed by atoms with Crippen LogP contribution in [0.2, 0.25) is 5.02 Å². The third kappa shape index (κ3) is 3.22. The van der Waals surface area contributed by atoms with Gasteiger partial charge in [0, 0.05) is 5.02 Å². The molecule has 1 aromatic rings. The molecule has 3 N–H and O–H groups in total. The highest BCUT2D eigenvalue weighted by molar-refractivity contribution is 6.30. The molecule has 0 heterocycles. The van der Waals surface area contributed by atoms with Crippen molar-refractivity contribution < 1.29 is 4.79 Å². The summed E-state index contributed by atoms with van der Waals surface area (Å²) in [5.74, 6) is -0.167. The fourth-order valence-corrected chi connectivity index (χ4v) is 1.49. The lowest BCUT2D eigenvalue weighted by Gasteiger charge is -2.27. The zero-order chi connectivity index (χ0) is 12.3. The maximum absolute atomic E-state index is 11.5. The van der Waals surface area contributed by atoms with Crippen molar-refractivity contribution in [2.45, 2.75) is 32.4 Å². The van der Waals surface area contributed by atoms with Crippen LogP contribution in [0.4, 0.5) is 0 Å². The Hall–Kier alpha value is -1.06. The lowest BCUT2D eigenvalue weighted by atomic mass is 9.94. The molecule has 4 heteroatoms. The van der Waals surface area contributed by atoms with E-state index in [1.54, 1.807) is 19.1 Å². The molecule has 0 radical (unpaired) electrons. The summed E-state index contributed by atoms with van der Waals surface area (Å²) in [5.41, 5.74) is 6.05. The number of nitrogens with one attached hydrogen (secondary N) is 1. The zero-order valence-corrected chi connectivity index (χ0v) is 10.5. The summed E-state index contributed by atoms with van der Waals surface area (Å²) >= 11 is 5.81. The molecule has 3 nitrogen and oxygen atoms in total. The van der Waals surface area contributed by atoms with Gasteiger partial charge >= 0.3 is 0 Å². The minimum absolute atomic E-state index is 0.167. The third-order valence-electron chi connectivity index (χ3n) is 2.42. The summed E-state index contributed by atoms with van der Waals surface area (Å²) in [6.07, 6.45) is 0. The Kier molecular flexibility index (Phi) is 3.94. The lowest BCUT2D eigenvalue weighted by molar-refractivity contribution is -0.123. The molecule has 0 spiro atoms. The van der Waals surface area contributed by atoms with Crippen LogP contribution in [0.5, 0.6) is 0 Å². The van der Waals surface area contributed by atoms with E-state index < -0.39 is 11.6 Å². The van der Waals surface area contributed by atoms with Gasteiger partial charge < -0.3 is 11.1 Å². The normalized spacial score (nSPS) is 13.3. The molecule has 1 unspecified atom stereocenters. The molecule has 0 aromatic heterocycles. The summed E-state index contributed by atoms with van der Waals surface area (Å²) in [7, 11) is 0. The van der Waals surface area contributed by atoms with Crippen molar-refractivity contribution in [3.05, 3.63) is 34.9 Å².